The lowest BCUT2D eigenvalue weighted by molar-refractivity contribution is -0.123. The molecule has 5 heteroatoms. The Hall–Kier alpha value is -2.43. The Balaban J connectivity index is 1.91. The summed E-state index contributed by atoms with van der Waals surface area (Å²) in [5, 5.41) is 7.54. The monoisotopic (exact) mass is 266 g/mol. The summed E-state index contributed by atoms with van der Waals surface area (Å²) in [6.45, 7) is 0. The Bertz CT molecular complexity index is 689. The number of aromatic nitrogens is 3. The Morgan fingerprint density at radius 2 is 2.10 bits per heavy atom. The number of ketones is 1. The molecule has 1 aromatic carbocycles. The zero-order chi connectivity index (χ0) is 13.5. The van der Waals surface area contributed by atoms with Crippen LogP contribution in [0.2, 0.25) is 0 Å². The van der Waals surface area contributed by atoms with E-state index in [1.54, 1.807) is 0 Å². The molecule has 0 saturated heterocycles. The Morgan fingerprint density at radius 1 is 1.25 bits per heavy atom. The number of Topliss-reactive ketones (excluding diaryl/α,β-unsaturated/α-hetero) is 1. The van der Waals surface area contributed by atoms with E-state index >= 15 is 0 Å². The molecule has 0 radical (unpaired) electrons. The second-order valence-electron chi connectivity index (χ2n) is 5.15. The van der Waals surface area contributed by atoms with Gasteiger partial charge in [-0.15, -0.1) is 0 Å². The number of hydrogen-bond donors (Lipinski definition) is 1. The molecule has 2 aliphatic rings. The van der Waals surface area contributed by atoms with Crippen LogP contribution in [0.3, 0.4) is 0 Å². The molecule has 5 nitrogen and oxygen atoms in total. The number of rotatable bonds is 1. The Kier molecular flexibility index (Phi) is 2.45. The van der Waals surface area contributed by atoms with Crippen molar-refractivity contribution in [3.8, 4) is 0 Å². The molecular formula is C15H14N4O. The molecular weight excluding hydrogens is 252 g/mol. The van der Waals surface area contributed by atoms with Crippen molar-refractivity contribution in [1.82, 2.24) is 14.8 Å². The van der Waals surface area contributed by atoms with E-state index < -0.39 is 0 Å². The van der Waals surface area contributed by atoms with Crippen LogP contribution in [-0.2, 0) is 4.79 Å². The lowest BCUT2D eigenvalue weighted by Crippen LogP contribution is -2.38. The predicted octanol–water partition coefficient (Wildman–Crippen LogP) is 2.16. The molecule has 2 aromatic rings. The summed E-state index contributed by atoms with van der Waals surface area (Å²) in [7, 11) is 0. The number of carbonyl (C=O) groups excluding carboxylic acids is 1. The number of benzene rings is 1. The van der Waals surface area contributed by atoms with Crippen LogP contribution in [0.15, 0.2) is 48.4 Å². The Labute approximate surface area is 116 Å². The van der Waals surface area contributed by atoms with Crippen LogP contribution in [0.1, 0.15) is 24.4 Å². The van der Waals surface area contributed by atoms with Crippen molar-refractivity contribution in [3.05, 3.63) is 54.0 Å². The zero-order valence-corrected chi connectivity index (χ0v) is 10.9. The van der Waals surface area contributed by atoms with Gasteiger partial charge < -0.3 is 5.32 Å². The largest absolute Gasteiger partial charge is 0.328 e. The van der Waals surface area contributed by atoms with Crippen molar-refractivity contribution >= 4 is 11.7 Å². The summed E-state index contributed by atoms with van der Waals surface area (Å²) in [5.74, 6) is 0.793. The summed E-state index contributed by atoms with van der Waals surface area (Å²) >= 11 is 0. The fourth-order valence-electron chi connectivity index (χ4n) is 3.10. The van der Waals surface area contributed by atoms with Crippen molar-refractivity contribution < 1.29 is 4.79 Å². The lowest BCUT2D eigenvalue weighted by Gasteiger charge is -2.36. The maximum Gasteiger partial charge on any atom is 0.226 e. The van der Waals surface area contributed by atoms with Gasteiger partial charge in [0, 0.05) is 12.1 Å². The van der Waals surface area contributed by atoms with E-state index in [0.29, 0.717) is 12.4 Å². The molecule has 1 aliphatic carbocycles. The third kappa shape index (κ3) is 1.59. The van der Waals surface area contributed by atoms with Gasteiger partial charge in [0.15, 0.2) is 0 Å². The van der Waals surface area contributed by atoms with Crippen LogP contribution in [-0.4, -0.2) is 20.5 Å². The molecule has 2 unspecified atom stereocenters. The zero-order valence-electron chi connectivity index (χ0n) is 10.9. The minimum Gasteiger partial charge on any atom is -0.328 e. The molecule has 20 heavy (non-hydrogen) atoms. The van der Waals surface area contributed by atoms with Gasteiger partial charge in [0.25, 0.3) is 0 Å². The van der Waals surface area contributed by atoms with E-state index in [1.165, 1.54) is 6.33 Å². The number of hydrogen-bond acceptors (Lipinski definition) is 4. The molecule has 4 rings (SSSR count). The highest BCUT2D eigenvalue weighted by Crippen LogP contribution is 2.40. The standard InChI is InChI=1S/C15H14N4O/c20-12-8-4-7-11-13(12)14(10-5-2-1-3-6-10)19-15(18-11)16-9-17-19/h1-3,5-7,9,13-14H,4,8H2,(H,16,17,18). The summed E-state index contributed by atoms with van der Waals surface area (Å²) in [6.07, 6.45) is 5.04. The van der Waals surface area contributed by atoms with Gasteiger partial charge in [-0.3, -0.25) is 4.79 Å². The third-order valence-electron chi connectivity index (χ3n) is 3.99. The van der Waals surface area contributed by atoms with Crippen LogP contribution >= 0.6 is 0 Å². The van der Waals surface area contributed by atoms with Gasteiger partial charge in [0.2, 0.25) is 5.95 Å². The van der Waals surface area contributed by atoms with E-state index in [1.807, 2.05) is 35.0 Å². The minimum atomic E-state index is -0.180. The van der Waals surface area contributed by atoms with E-state index in [2.05, 4.69) is 21.5 Å². The highest BCUT2D eigenvalue weighted by Gasteiger charge is 2.40. The topological polar surface area (TPSA) is 59.8 Å². The molecule has 1 N–H and O–H groups in total. The molecule has 1 aromatic heterocycles. The maximum absolute atomic E-state index is 12.4. The van der Waals surface area contributed by atoms with Crippen LogP contribution in [0.4, 0.5) is 5.95 Å². The number of nitrogens with zero attached hydrogens (tertiary/aromatic N) is 3. The predicted molar refractivity (Wildman–Crippen MR) is 74.0 cm³/mol. The van der Waals surface area contributed by atoms with Crippen molar-refractivity contribution in [1.29, 1.82) is 0 Å². The summed E-state index contributed by atoms with van der Waals surface area (Å²) < 4.78 is 1.82. The number of allylic oxidation sites excluding steroid dienone is 2. The van der Waals surface area contributed by atoms with Gasteiger partial charge in [0.05, 0.1) is 12.0 Å². The third-order valence-corrected chi connectivity index (χ3v) is 3.99. The lowest BCUT2D eigenvalue weighted by atomic mass is 9.81. The highest BCUT2D eigenvalue weighted by molar-refractivity contribution is 5.87. The number of fused-ring (bicyclic) bond motifs is 2. The summed E-state index contributed by atoms with van der Waals surface area (Å²) in [4.78, 5) is 16.6. The van der Waals surface area contributed by atoms with Crippen molar-refractivity contribution in [2.75, 3.05) is 5.32 Å². The molecule has 0 bridgehead atoms. The van der Waals surface area contributed by atoms with Crippen LogP contribution in [0.25, 0.3) is 0 Å². The van der Waals surface area contributed by atoms with E-state index in [9.17, 15) is 4.79 Å². The smallest absolute Gasteiger partial charge is 0.226 e. The summed E-state index contributed by atoms with van der Waals surface area (Å²) in [6, 6.07) is 9.94. The molecule has 2 atom stereocenters. The number of carbonyl (C=O) groups is 1. The molecule has 100 valence electrons. The van der Waals surface area contributed by atoms with E-state index in [-0.39, 0.29) is 17.7 Å². The average molecular weight is 266 g/mol. The molecule has 0 spiro atoms. The van der Waals surface area contributed by atoms with E-state index in [0.717, 1.165) is 17.7 Å². The van der Waals surface area contributed by atoms with Crippen molar-refractivity contribution in [2.24, 2.45) is 5.92 Å². The first-order valence-electron chi connectivity index (χ1n) is 6.79. The quantitative estimate of drug-likeness (QED) is 0.859. The van der Waals surface area contributed by atoms with Gasteiger partial charge >= 0.3 is 0 Å². The first kappa shape index (κ1) is 11.4. The fourth-order valence-corrected chi connectivity index (χ4v) is 3.10. The normalized spacial score (nSPS) is 24.4. The van der Waals surface area contributed by atoms with Crippen molar-refractivity contribution in [2.45, 2.75) is 18.9 Å². The average Bonchev–Trinajstić information content (AvgIpc) is 2.94. The van der Waals surface area contributed by atoms with Crippen LogP contribution in [0, 0.1) is 5.92 Å². The van der Waals surface area contributed by atoms with Gasteiger partial charge in [0.1, 0.15) is 12.1 Å². The summed E-state index contributed by atoms with van der Waals surface area (Å²) in [5.41, 5.74) is 2.06. The maximum atomic E-state index is 12.4. The van der Waals surface area contributed by atoms with Gasteiger partial charge in [-0.2, -0.15) is 10.1 Å². The Morgan fingerprint density at radius 3 is 2.95 bits per heavy atom. The van der Waals surface area contributed by atoms with Crippen molar-refractivity contribution in [3.63, 3.8) is 0 Å². The fraction of sp³-hybridized carbons (Fsp3) is 0.267. The first-order valence-corrected chi connectivity index (χ1v) is 6.79. The SMILES string of the molecule is O=C1CCC=C2Nc3ncnn3C(c3ccccc3)C12. The van der Waals surface area contributed by atoms with Crippen LogP contribution in [0.5, 0.6) is 0 Å². The highest BCUT2D eigenvalue weighted by atomic mass is 16.1. The van der Waals surface area contributed by atoms with Gasteiger partial charge in [-0.05, 0) is 12.0 Å². The second-order valence-corrected chi connectivity index (χ2v) is 5.15. The number of anilines is 1. The van der Waals surface area contributed by atoms with E-state index in [4.69, 9.17) is 0 Å². The molecule has 0 fully saturated rings. The minimum absolute atomic E-state index is 0.103. The van der Waals surface area contributed by atoms with Gasteiger partial charge in [-0.25, -0.2) is 4.68 Å². The first-order chi connectivity index (χ1) is 9.84. The van der Waals surface area contributed by atoms with Crippen LogP contribution < -0.4 is 5.32 Å². The number of nitrogens with one attached hydrogen (secondary N) is 1. The van der Waals surface area contributed by atoms with Gasteiger partial charge in [-0.1, -0.05) is 36.4 Å². The molecule has 1 aliphatic heterocycles. The molecule has 2 heterocycles. The molecule has 0 saturated carbocycles. The second kappa shape index (κ2) is 4.30. The molecule has 0 amide bonds.